The third-order valence-corrected chi connectivity index (χ3v) is 3.24. The third-order valence-electron chi connectivity index (χ3n) is 2.87. The summed E-state index contributed by atoms with van der Waals surface area (Å²) in [5, 5.41) is 16.3. The monoisotopic (exact) mass is 273 g/mol. The Labute approximate surface area is 112 Å². The lowest BCUT2D eigenvalue weighted by molar-refractivity contribution is 0.235. The molecule has 1 heterocycles. The first kappa shape index (κ1) is 15.0. The van der Waals surface area contributed by atoms with E-state index in [0.29, 0.717) is 12.1 Å². The van der Waals surface area contributed by atoms with Crippen LogP contribution in [0.15, 0.2) is 11.0 Å². The van der Waals surface area contributed by atoms with Crippen LogP contribution in [0.4, 0.5) is 5.69 Å². The molecule has 0 saturated heterocycles. The fraction of sp³-hybridized carbons (Fsp3) is 0.667. The van der Waals surface area contributed by atoms with Crippen molar-refractivity contribution in [2.45, 2.75) is 33.2 Å². The van der Waals surface area contributed by atoms with Crippen LogP contribution < -0.4 is 10.9 Å². The van der Waals surface area contributed by atoms with Crippen molar-refractivity contribution in [3.8, 4) is 0 Å². The molecule has 6 heteroatoms. The van der Waals surface area contributed by atoms with E-state index in [-0.39, 0.29) is 28.6 Å². The van der Waals surface area contributed by atoms with Gasteiger partial charge in [0.1, 0.15) is 5.02 Å². The van der Waals surface area contributed by atoms with E-state index in [2.05, 4.69) is 31.2 Å². The van der Waals surface area contributed by atoms with Crippen LogP contribution >= 0.6 is 11.6 Å². The molecule has 0 spiro atoms. The average molecular weight is 274 g/mol. The smallest absolute Gasteiger partial charge is 0.287 e. The first-order valence-electron chi connectivity index (χ1n) is 5.86. The second-order valence-corrected chi connectivity index (χ2v) is 5.75. The third kappa shape index (κ3) is 3.46. The lowest BCUT2D eigenvalue weighted by Gasteiger charge is -2.32. The second kappa shape index (κ2) is 5.71. The van der Waals surface area contributed by atoms with Crippen molar-refractivity contribution in [1.82, 2.24) is 9.78 Å². The van der Waals surface area contributed by atoms with Crippen LogP contribution in [0.25, 0.3) is 0 Å². The highest BCUT2D eigenvalue weighted by Crippen LogP contribution is 2.27. The highest BCUT2D eigenvalue weighted by Gasteiger charge is 2.25. The Morgan fingerprint density at radius 1 is 1.56 bits per heavy atom. The molecule has 0 amide bonds. The van der Waals surface area contributed by atoms with Crippen LogP contribution in [0.5, 0.6) is 0 Å². The van der Waals surface area contributed by atoms with Gasteiger partial charge < -0.3 is 10.4 Å². The first-order chi connectivity index (χ1) is 8.27. The van der Waals surface area contributed by atoms with Crippen LogP contribution in [0.3, 0.4) is 0 Å². The number of nitrogens with one attached hydrogen (secondary N) is 1. The highest BCUT2D eigenvalue weighted by molar-refractivity contribution is 6.32. The molecule has 0 saturated carbocycles. The number of anilines is 1. The lowest BCUT2D eigenvalue weighted by Crippen LogP contribution is -2.35. The summed E-state index contributed by atoms with van der Waals surface area (Å²) in [5.74, 6) is 0. The number of halogens is 1. The molecule has 1 rings (SSSR count). The van der Waals surface area contributed by atoms with Crippen molar-refractivity contribution in [2.75, 3.05) is 11.9 Å². The van der Waals surface area contributed by atoms with Crippen LogP contribution in [0.1, 0.15) is 27.2 Å². The average Bonchev–Trinajstić information content (AvgIpc) is 2.27. The molecule has 0 fully saturated rings. The van der Waals surface area contributed by atoms with Gasteiger partial charge in [-0.15, -0.1) is 0 Å². The van der Waals surface area contributed by atoms with Crippen LogP contribution in [0.2, 0.25) is 5.02 Å². The molecule has 5 nitrogen and oxygen atoms in total. The number of nitrogens with zero attached hydrogens (tertiary/aromatic N) is 2. The number of aliphatic hydroxyl groups is 1. The van der Waals surface area contributed by atoms with E-state index in [4.69, 9.17) is 16.7 Å². The number of rotatable bonds is 4. The van der Waals surface area contributed by atoms with Gasteiger partial charge in [-0.3, -0.25) is 4.79 Å². The van der Waals surface area contributed by atoms with Gasteiger partial charge >= 0.3 is 0 Å². The fourth-order valence-corrected chi connectivity index (χ4v) is 1.88. The largest absolute Gasteiger partial charge is 0.396 e. The number of aromatic nitrogens is 2. The van der Waals surface area contributed by atoms with E-state index in [0.717, 1.165) is 0 Å². The number of hydrogen-bond donors (Lipinski definition) is 2. The summed E-state index contributed by atoms with van der Waals surface area (Å²) in [5.41, 5.74) is 0.110. The van der Waals surface area contributed by atoms with Gasteiger partial charge in [-0.1, -0.05) is 32.4 Å². The van der Waals surface area contributed by atoms with Gasteiger partial charge in [0.2, 0.25) is 0 Å². The zero-order valence-electron chi connectivity index (χ0n) is 11.2. The number of aliphatic hydroxyl groups excluding tert-OH is 1. The van der Waals surface area contributed by atoms with Crippen LogP contribution in [-0.4, -0.2) is 27.5 Å². The minimum atomic E-state index is -0.335. The molecule has 0 radical (unpaired) electrons. The van der Waals surface area contributed by atoms with Gasteiger partial charge in [-0.25, -0.2) is 4.68 Å². The van der Waals surface area contributed by atoms with E-state index in [1.807, 2.05) is 0 Å². The maximum Gasteiger partial charge on any atom is 0.287 e. The fourth-order valence-electron chi connectivity index (χ4n) is 1.65. The van der Waals surface area contributed by atoms with E-state index in [1.165, 1.54) is 10.9 Å². The van der Waals surface area contributed by atoms with Crippen LogP contribution in [0, 0.1) is 5.41 Å². The van der Waals surface area contributed by atoms with E-state index < -0.39 is 0 Å². The van der Waals surface area contributed by atoms with Crippen molar-refractivity contribution < 1.29 is 5.11 Å². The Kier molecular flexibility index (Phi) is 4.76. The lowest BCUT2D eigenvalue weighted by atomic mass is 9.85. The van der Waals surface area contributed by atoms with Crippen LogP contribution in [-0.2, 0) is 7.05 Å². The maximum atomic E-state index is 11.7. The quantitative estimate of drug-likeness (QED) is 0.875. The molecule has 18 heavy (non-hydrogen) atoms. The van der Waals surface area contributed by atoms with Gasteiger partial charge in [-0.2, -0.15) is 5.10 Å². The van der Waals surface area contributed by atoms with Crippen molar-refractivity contribution in [3.63, 3.8) is 0 Å². The molecule has 0 bridgehead atoms. The first-order valence-corrected chi connectivity index (χ1v) is 6.24. The topological polar surface area (TPSA) is 67.2 Å². The molecule has 0 aliphatic heterocycles. The van der Waals surface area contributed by atoms with Crippen molar-refractivity contribution >= 4 is 17.3 Å². The standard InChI is InChI=1S/C12H20ClN3O2/c1-12(2,3)9(5-6-17)15-8-7-14-16(4)11(18)10(8)13/h7,9,15,17H,5-6H2,1-4H3. The highest BCUT2D eigenvalue weighted by atomic mass is 35.5. The molecule has 2 N–H and O–H groups in total. The van der Waals surface area contributed by atoms with Gasteiger partial charge in [0.05, 0.1) is 11.9 Å². The summed E-state index contributed by atoms with van der Waals surface area (Å²) >= 11 is 5.99. The Bertz CT molecular complexity index is 465. The number of hydrogen-bond acceptors (Lipinski definition) is 4. The Morgan fingerprint density at radius 2 is 2.17 bits per heavy atom. The minimum absolute atomic E-state index is 0.00825. The molecule has 1 aromatic heterocycles. The van der Waals surface area contributed by atoms with E-state index >= 15 is 0 Å². The zero-order chi connectivity index (χ0) is 13.9. The summed E-state index contributed by atoms with van der Waals surface area (Å²) in [4.78, 5) is 11.7. The van der Waals surface area contributed by atoms with Gasteiger partial charge in [0.25, 0.3) is 5.56 Å². The van der Waals surface area contributed by atoms with Gasteiger partial charge in [-0.05, 0) is 11.8 Å². The molecule has 102 valence electrons. The number of aryl methyl sites for hydroxylation is 1. The predicted molar refractivity (Wildman–Crippen MR) is 73.1 cm³/mol. The van der Waals surface area contributed by atoms with E-state index in [1.54, 1.807) is 7.05 Å². The Balaban J connectivity index is 3.02. The molecule has 0 aromatic carbocycles. The molecular weight excluding hydrogens is 254 g/mol. The molecule has 0 aliphatic carbocycles. The van der Waals surface area contributed by atoms with Crippen molar-refractivity contribution in [1.29, 1.82) is 0 Å². The Hall–Kier alpha value is -1.07. The molecular formula is C12H20ClN3O2. The zero-order valence-corrected chi connectivity index (χ0v) is 12.0. The predicted octanol–water partition coefficient (Wildman–Crippen LogP) is 1.64. The maximum absolute atomic E-state index is 11.7. The summed E-state index contributed by atoms with van der Waals surface area (Å²) in [6.45, 7) is 6.25. The summed E-state index contributed by atoms with van der Waals surface area (Å²) in [6.07, 6.45) is 2.11. The Morgan fingerprint density at radius 3 is 2.67 bits per heavy atom. The SMILES string of the molecule is Cn1ncc(NC(CCO)C(C)(C)C)c(Cl)c1=O. The molecule has 1 unspecified atom stereocenters. The molecule has 1 aromatic rings. The second-order valence-electron chi connectivity index (χ2n) is 5.38. The molecule has 0 aliphatic rings. The summed E-state index contributed by atoms with van der Waals surface area (Å²) in [7, 11) is 1.55. The minimum Gasteiger partial charge on any atom is -0.396 e. The summed E-state index contributed by atoms with van der Waals surface area (Å²) < 4.78 is 1.19. The normalized spacial score (nSPS) is 13.4. The van der Waals surface area contributed by atoms with E-state index in [9.17, 15) is 4.79 Å². The van der Waals surface area contributed by atoms with Crippen molar-refractivity contribution in [2.24, 2.45) is 12.5 Å². The molecule has 1 atom stereocenters. The van der Waals surface area contributed by atoms with Gasteiger partial charge in [0.15, 0.2) is 0 Å². The van der Waals surface area contributed by atoms with Gasteiger partial charge in [0, 0.05) is 19.7 Å². The summed E-state index contributed by atoms with van der Waals surface area (Å²) in [6, 6.07) is 0.00825. The van der Waals surface area contributed by atoms with Crippen molar-refractivity contribution in [3.05, 3.63) is 21.6 Å².